The average Bonchev–Trinajstić information content (AvgIpc) is 2.53. The normalized spacial score (nSPS) is 12.2. The molecule has 0 bridgehead atoms. The number of benzene rings is 2. The molecule has 1 N–H and O–H groups in total. The van der Waals surface area contributed by atoms with E-state index < -0.39 is 22.1 Å². The first-order valence-corrected chi connectivity index (χ1v) is 9.14. The van der Waals surface area contributed by atoms with Crippen molar-refractivity contribution in [2.75, 3.05) is 0 Å². The predicted molar refractivity (Wildman–Crippen MR) is 89.4 cm³/mol. The summed E-state index contributed by atoms with van der Waals surface area (Å²) in [6.45, 7) is 3.82. The molecule has 0 spiro atoms. The maximum atomic E-state index is 12.2. The zero-order chi connectivity index (χ0) is 19.4. The zero-order valence-corrected chi connectivity index (χ0v) is 14.9. The first-order valence-electron chi connectivity index (χ1n) is 7.66. The summed E-state index contributed by atoms with van der Waals surface area (Å²) in [5, 5.41) is 0. The second-order valence-corrected chi connectivity index (χ2v) is 7.42. The molecule has 26 heavy (non-hydrogen) atoms. The van der Waals surface area contributed by atoms with E-state index in [1.165, 1.54) is 0 Å². The van der Waals surface area contributed by atoms with E-state index in [0.29, 0.717) is 11.3 Å². The van der Waals surface area contributed by atoms with Gasteiger partial charge in [0.1, 0.15) is 11.5 Å². The standard InChI is InChI=1S/C17H18F3NO4S/c1-12(2)24-14-5-3-13(4-6-14)11-21-26(22,23)16-9-7-15(8-10-16)25-17(18,19)20/h3-10,12,21H,11H2,1-2H3. The smallest absolute Gasteiger partial charge is 0.491 e. The average molecular weight is 389 g/mol. The Morgan fingerprint density at radius 1 is 0.962 bits per heavy atom. The van der Waals surface area contributed by atoms with Crippen molar-refractivity contribution in [2.24, 2.45) is 0 Å². The topological polar surface area (TPSA) is 64.6 Å². The molecule has 0 fully saturated rings. The van der Waals surface area contributed by atoms with Crippen LogP contribution < -0.4 is 14.2 Å². The van der Waals surface area contributed by atoms with E-state index in [0.717, 1.165) is 24.3 Å². The Morgan fingerprint density at radius 3 is 2.00 bits per heavy atom. The molecule has 142 valence electrons. The molecule has 0 aliphatic rings. The van der Waals surface area contributed by atoms with Crippen LogP contribution in [0.1, 0.15) is 19.4 Å². The molecule has 0 unspecified atom stereocenters. The van der Waals surface area contributed by atoms with Crippen LogP contribution in [0.3, 0.4) is 0 Å². The highest BCUT2D eigenvalue weighted by Gasteiger charge is 2.31. The van der Waals surface area contributed by atoms with Gasteiger partial charge in [0, 0.05) is 6.54 Å². The van der Waals surface area contributed by atoms with Crippen LogP contribution in [0.5, 0.6) is 11.5 Å². The van der Waals surface area contributed by atoms with Crippen molar-refractivity contribution in [3.8, 4) is 11.5 Å². The number of rotatable bonds is 7. The molecule has 0 saturated carbocycles. The van der Waals surface area contributed by atoms with Gasteiger partial charge in [0.15, 0.2) is 0 Å². The molecule has 0 heterocycles. The van der Waals surface area contributed by atoms with Gasteiger partial charge in [-0.05, 0) is 55.8 Å². The van der Waals surface area contributed by atoms with Gasteiger partial charge in [-0.15, -0.1) is 13.2 Å². The maximum Gasteiger partial charge on any atom is 0.573 e. The number of ether oxygens (including phenoxy) is 2. The molecule has 2 aromatic carbocycles. The number of halogens is 3. The quantitative estimate of drug-likeness (QED) is 0.781. The van der Waals surface area contributed by atoms with Crippen LogP contribution in [-0.4, -0.2) is 20.9 Å². The van der Waals surface area contributed by atoms with Crippen molar-refractivity contribution >= 4 is 10.0 Å². The Kier molecular flexibility index (Phi) is 6.14. The van der Waals surface area contributed by atoms with E-state index in [1.54, 1.807) is 24.3 Å². The number of sulfonamides is 1. The van der Waals surface area contributed by atoms with Crippen LogP contribution in [0.4, 0.5) is 13.2 Å². The van der Waals surface area contributed by atoms with Crippen molar-refractivity contribution in [2.45, 2.75) is 37.8 Å². The summed E-state index contributed by atoms with van der Waals surface area (Å²) < 4.78 is 72.4. The lowest BCUT2D eigenvalue weighted by Crippen LogP contribution is -2.23. The maximum absolute atomic E-state index is 12.2. The first-order chi connectivity index (χ1) is 12.0. The fourth-order valence-corrected chi connectivity index (χ4v) is 3.06. The summed E-state index contributed by atoms with van der Waals surface area (Å²) in [6.07, 6.45) is -4.80. The van der Waals surface area contributed by atoms with Gasteiger partial charge < -0.3 is 9.47 Å². The van der Waals surface area contributed by atoms with E-state index >= 15 is 0 Å². The number of hydrogen-bond acceptors (Lipinski definition) is 4. The summed E-state index contributed by atoms with van der Waals surface area (Å²) >= 11 is 0. The largest absolute Gasteiger partial charge is 0.573 e. The Labute approximate surface area is 149 Å². The summed E-state index contributed by atoms with van der Waals surface area (Å²) in [5.74, 6) is 0.184. The first kappa shape index (κ1) is 20.1. The fraction of sp³-hybridized carbons (Fsp3) is 0.294. The van der Waals surface area contributed by atoms with E-state index in [1.807, 2.05) is 13.8 Å². The Hall–Kier alpha value is -2.26. The highest BCUT2D eigenvalue weighted by Crippen LogP contribution is 2.24. The highest BCUT2D eigenvalue weighted by atomic mass is 32.2. The second-order valence-electron chi connectivity index (χ2n) is 5.65. The fourth-order valence-electron chi connectivity index (χ4n) is 2.04. The van der Waals surface area contributed by atoms with Gasteiger partial charge in [-0.3, -0.25) is 0 Å². The Bertz CT molecular complexity index is 817. The molecular weight excluding hydrogens is 371 g/mol. The minimum atomic E-state index is -4.83. The van der Waals surface area contributed by atoms with Crippen molar-refractivity contribution in [1.82, 2.24) is 4.72 Å². The summed E-state index contributed by atoms with van der Waals surface area (Å²) in [7, 11) is -3.87. The molecule has 0 atom stereocenters. The van der Waals surface area contributed by atoms with Gasteiger partial charge >= 0.3 is 6.36 Å². The summed E-state index contributed by atoms with van der Waals surface area (Å²) in [4.78, 5) is -0.160. The van der Waals surface area contributed by atoms with Crippen LogP contribution in [0.25, 0.3) is 0 Å². The molecule has 9 heteroatoms. The lowest BCUT2D eigenvalue weighted by molar-refractivity contribution is -0.274. The minimum Gasteiger partial charge on any atom is -0.491 e. The van der Waals surface area contributed by atoms with E-state index in [-0.39, 0.29) is 17.5 Å². The third-order valence-electron chi connectivity index (χ3n) is 3.13. The van der Waals surface area contributed by atoms with Crippen molar-refractivity contribution in [1.29, 1.82) is 0 Å². The molecular formula is C17H18F3NO4S. The monoisotopic (exact) mass is 389 g/mol. The molecule has 0 radical (unpaired) electrons. The van der Waals surface area contributed by atoms with Crippen LogP contribution in [0.15, 0.2) is 53.4 Å². The van der Waals surface area contributed by atoms with Gasteiger partial charge in [0.05, 0.1) is 11.0 Å². The number of hydrogen-bond donors (Lipinski definition) is 1. The lowest BCUT2D eigenvalue weighted by atomic mass is 10.2. The van der Waals surface area contributed by atoms with Gasteiger partial charge in [-0.2, -0.15) is 0 Å². The van der Waals surface area contributed by atoms with Crippen LogP contribution in [0, 0.1) is 0 Å². The van der Waals surface area contributed by atoms with E-state index in [4.69, 9.17) is 4.74 Å². The Morgan fingerprint density at radius 2 is 1.50 bits per heavy atom. The molecule has 0 saturated heterocycles. The van der Waals surface area contributed by atoms with Crippen LogP contribution in [0.2, 0.25) is 0 Å². The van der Waals surface area contributed by atoms with Gasteiger partial charge in [-0.25, -0.2) is 13.1 Å². The van der Waals surface area contributed by atoms with Gasteiger partial charge in [0.2, 0.25) is 10.0 Å². The molecule has 0 aromatic heterocycles. The summed E-state index contributed by atoms with van der Waals surface area (Å²) in [5.41, 5.74) is 0.710. The lowest BCUT2D eigenvalue weighted by Gasteiger charge is -2.11. The van der Waals surface area contributed by atoms with Gasteiger partial charge in [0.25, 0.3) is 0 Å². The second kappa shape index (κ2) is 7.96. The number of alkyl halides is 3. The molecule has 2 aromatic rings. The molecule has 2 rings (SSSR count). The molecule has 0 aliphatic carbocycles. The molecule has 0 aliphatic heterocycles. The van der Waals surface area contributed by atoms with Crippen molar-refractivity contribution in [3.05, 3.63) is 54.1 Å². The van der Waals surface area contributed by atoms with E-state index in [2.05, 4.69) is 9.46 Å². The van der Waals surface area contributed by atoms with Crippen molar-refractivity contribution in [3.63, 3.8) is 0 Å². The zero-order valence-electron chi connectivity index (χ0n) is 14.1. The van der Waals surface area contributed by atoms with Crippen LogP contribution in [-0.2, 0) is 16.6 Å². The van der Waals surface area contributed by atoms with Crippen LogP contribution >= 0.6 is 0 Å². The van der Waals surface area contributed by atoms with Crippen molar-refractivity contribution < 1.29 is 31.1 Å². The van der Waals surface area contributed by atoms with Gasteiger partial charge in [-0.1, -0.05) is 12.1 Å². The third kappa shape index (κ3) is 6.23. The Balaban J connectivity index is 2.00. The molecule has 5 nitrogen and oxygen atoms in total. The predicted octanol–water partition coefficient (Wildman–Crippen LogP) is 3.85. The third-order valence-corrected chi connectivity index (χ3v) is 4.55. The minimum absolute atomic E-state index is 0.0312. The SMILES string of the molecule is CC(C)Oc1ccc(CNS(=O)(=O)c2ccc(OC(F)(F)F)cc2)cc1. The summed E-state index contributed by atoms with van der Waals surface area (Å²) in [6, 6.07) is 10.9. The van der Waals surface area contributed by atoms with E-state index in [9.17, 15) is 21.6 Å². The number of nitrogens with one attached hydrogen (secondary N) is 1. The molecule has 0 amide bonds. The highest BCUT2D eigenvalue weighted by molar-refractivity contribution is 7.89.